The van der Waals surface area contributed by atoms with Crippen molar-refractivity contribution < 1.29 is 9.53 Å². The molecule has 5 heteroatoms. The molecule has 0 heterocycles. The van der Waals surface area contributed by atoms with Gasteiger partial charge in [0.2, 0.25) is 0 Å². The fourth-order valence-electron chi connectivity index (χ4n) is 2.23. The highest BCUT2D eigenvalue weighted by atomic mass is 35.5. The van der Waals surface area contributed by atoms with Crippen LogP contribution in [-0.4, -0.2) is 25.2 Å². The first-order chi connectivity index (χ1) is 9.16. The summed E-state index contributed by atoms with van der Waals surface area (Å²) in [5, 5.41) is 3.25. The van der Waals surface area contributed by atoms with Gasteiger partial charge in [-0.25, -0.2) is 0 Å². The van der Waals surface area contributed by atoms with Gasteiger partial charge in [-0.05, 0) is 31.0 Å². The van der Waals surface area contributed by atoms with Crippen LogP contribution >= 0.6 is 24.2 Å². The molecule has 0 aromatic heterocycles. The molecule has 1 aliphatic rings. The third kappa shape index (κ3) is 4.41. The maximum absolute atomic E-state index is 11.9. The number of rotatable bonds is 5. The topological polar surface area (TPSA) is 38.3 Å². The summed E-state index contributed by atoms with van der Waals surface area (Å²) in [6.07, 6.45) is 5.16. The van der Waals surface area contributed by atoms with E-state index in [1.807, 2.05) is 0 Å². The first kappa shape index (κ1) is 14.7. The van der Waals surface area contributed by atoms with Crippen LogP contribution in [0.4, 0.5) is 0 Å². The fourth-order valence-corrected chi connectivity index (χ4v) is 2.63. The van der Waals surface area contributed by atoms with Gasteiger partial charge in [0.15, 0.2) is 0 Å². The molecule has 1 fully saturated rings. The van der Waals surface area contributed by atoms with Crippen molar-refractivity contribution in [2.24, 2.45) is 0 Å². The summed E-state index contributed by atoms with van der Waals surface area (Å²) in [5.74, 6) is -0.184. The van der Waals surface area contributed by atoms with Crippen molar-refractivity contribution >= 4 is 30.1 Å². The molecule has 0 bridgehead atoms. The highest BCUT2D eigenvalue weighted by molar-refractivity contribution is 7.80. The summed E-state index contributed by atoms with van der Waals surface area (Å²) in [4.78, 5) is 12.6. The normalized spacial score (nSPS) is 15.7. The Bertz CT molecular complexity index is 447. The number of halogens is 1. The summed E-state index contributed by atoms with van der Waals surface area (Å²) in [5.41, 5.74) is 0.454. The van der Waals surface area contributed by atoms with Gasteiger partial charge in [-0.2, -0.15) is 0 Å². The average molecular weight is 300 g/mol. The molecule has 0 aliphatic heterocycles. The molecule has 0 saturated heterocycles. The monoisotopic (exact) mass is 299 g/mol. The van der Waals surface area contributed by atoms with E-state index in [1.54, 1.807) is 18.2 Å². The molecule has 1 saturated carbocycles. The van der Waals surface area contributed by atoms with Gasteiger partial charge in [-0.1, -0.05) is 24.4 Å². The van der Waals surface area contributed by atoms with Crippen LogP contribution in [0.15, 0.2) is 23.1 Å². The van der Waals surface area contributed by atoms with Gasteiger partial charge in [0.05, 0.1) is 23.3 Å². The van der Waals surface area contributed by atoms with Crippen LogP contribution in [0.2, 0.25) is 5.02 Å². The van der Waals surface area contributed by atoms with Crippen molar-refractivity contribution in [2.45, 2.75) is 36.7 Å². The molecule has 0 spiro atoms. The van der Waals surface area contributed by atoms with Crippen LogP contribution in [0.1, 0.15) is 36.0 Å². The van der Waals surface area contributed by atoms with E-state index in [0.29, 0.717) is 29.8 Å². The lowest BCUT2D eigenvalue weighted by Crippen LogP contribution is -2.28. The lowest BCUT2D eigenvalue weighted by atomic mass is 10.2. The molecule has 0 atom stereocenters. The van der Waals surface area contributed by atoms with Crippen molar-refractivity contribution in [1.29, 1.82) is 0 Å². The van der Waals surface area contributed by atoms with Crippen molar-refractivity contribution in [3.63, 3.8) is 0 Å². The Morgan fingerprint density at radius 3 is 2.89 bits per heavy atom. The second kappa shape index (κ2) is 7.17. The van der Waals surface area contributed by atoms with E-state index in [9.17, 15) is 4.79 Å². The summed E-state index contributed by atoms with van der Waals surface area (Å²) in [6, 6.07) is 5.10. The van der Waals surface area contributed by atoms with Crippen LogP contribution < -0.4 is 5.32 Å². The summed E-state index contributed by atoms with van der Waals surface area (Å²) < 4.78 is 5.68. The first-order valence-corrected chi connectivity index (χ1v) is 7.37. The number of amides is 1. The van der Waals surface area contributed by atoms with Crippen LogP contribution in [0, 0.1) is 0 Å². The van der Waals surface area contributed by atoms with Crippen molar-refractivity contribution in [2.75, 3.05) is 13.2 Å². The second-order valence-electron chi connectivity index (χ2n) is 4.70. The smallest absolute Gasteiger partial charge is 0.252 e. The van der Waals surface area contributed by atoms with E-state index in [2.05, 4.69) is 17.9 Å². The molecule has 19 heavy (non-hydrogen) atoms. The molecule has 1 aromatic rings. The molecule has 1 amide bonds. The van der Waals surface area contributed by atoms with Gasteiger partial charge in [-0.15, -0.1) is 12.6 Å². The number of hydrogen-bond acceptors (Lipinski definition) is 3. The fraction of sp³-hybridized carbons (Fsp3) is 0.500. The Morgan fingerprint density at radius 2 is 2.16 bits per heavy atom. The Labute approximate surface area is 124 Å². The van der Waals surface area contributed by atoms with Gasteiger partial charge in [0, 0.05) is 11.4 Å². The summed E-state index contributed by atoms with van der Waals surface area (Å²) in [7, 11) is 0. The van der Waals surface area contributed by atoms with Gasteiger partial charge in [0.1, 0.15) is 0 Å². The van der Waals surface area contributed by atoms with Gasteiger partial charge >= 0.3 is 0 Å². The Hall–Kier alpha value is -0.710. The van der Waals surface area contributed by atoms with E-state index in [1.165, 1.54) is 12.8 Å². The zero-order valence-electron chi connectivity index (χ0n) is 10.7. The minimum Gasteiger partial charge on any atom is -0.376 e. The van der Waals surface area contributed by atoms with E-state index < -0.39 is 0 Å². The summed E-state index contributed by atoms with van der Waals surface area (Å²) >= 11 is 10.2. The van der Waals surface area contributed by atoms with Gasteiger partial charge in [0.25, 0.3) is 5.91 Å². The highest BCUT2D eigenvalue weighted by Crippen LogP contribution is 2.21. The largest absolute Gasteiger partial charge is 0.376 e. The third-order valence-corrected chi connectivity index (χ3v) is 3.85. The lowest BCUT2D eigenvalue weighted by molar-refractivity contribution is 0.0582. The molecular weight excluding hydrogens is 282 g/mol. The first-order valence-electron chi connectivity index (χ1n) is 6.55. The molecule has 1 N–H and O–H groups in total. The number of nitrogens with one attached hydrogen (secondary N) is 1. The Kier molecular flexibility index (Phi) is 5.55. The Morgan fingerprint density at radius 1 is 1.42 bits per heavy atom. The quantitative estimate of drug-likeness (QED) is 0.646. The molecule has 1 aliphatic carbocycles. The second-order valence-corrected chi connectivity index (χ2v) is 5.62. The molecule has 0 radical (unpaired) electrons. The minimum atomic E-state index is -0.184. The van der Waals surface area contributed by atoms with Crippen LogP contribution in [-0.2, 0) is 4.74 Å². The number of carbonyl (C=O) groups excluding carboxylic acids is 1. The maximum atomic E-state index is 11.9. The zero-order chi connectivity index (χ0) is 13.7. The number of benzene rings is 1. The Balaban J connectivity index is 1.75. The lowest BCUT2D eigenvalue weighted by Gasteiger charge is -2.12. The number of thiol groups is 1. The maximum Gasteiger partial charge on any atom is 0.252 e. The van der Waals surface area contributed by atoms with Crippen molar-refractivity contribution in [1.82, 2.24) is 5.32 Å². The number of ether oxygens (including phenoxy) is 1. The summed E-state index contributed by atoms with van der Waals surface area (Å²) in [6.45, 7) is 1.05. The van der Waals surface area contributed by atoms with E-state index >= 15 is 0 Å². The average Bonchev–Trinajstić information content (AvgIpc) is 2.90. The molecular formula is C14H18ClNO2S. The number of carbonyl (C=O) groups is 1. The van der Waals surface area contributed by atoms with Crippen LogP contribution in [0.3, 0.4) is 0 Å². The van der Waals surface area contributed by atoms with Crippen molar-refractivity contribution in [3.05, 3.63) is 28.8 Å². The van der Waals surface area contributed by atoms with E-state index in [-0.39, 0.29) is 5.91 Å². The minimum absolute atomic E-state index is 0.184. The molecule has 1 aromatic carbocycles. The third-order valence-electron chi connectivity index (χ3n) is 3.24. The van der Waals surface area contributed by atoms with Crippen molar-refractivity contribution in [3.8, 4) is 0 Å². The molecule has 104 valence electrons. The van der Waals surface area contributed by atoms with Crippen LogP contribution in [0.25, 0.3) is 0 Å². The molecule has 3 nitrogen and oxygen atoms in total. The predicted octanol–water partition coefficient (Wildman–Crippen LogP) is 3.32. The highest BCUT2D eigenvalue weighted by Gasteiger charge is 2.15. The zero-order valence-corrected chi connectivity index (χ0v) is 12.3. The van der Waals surface area contributed by atoms with Gasteiger partial charge in [-0.3, -0.25) is 4.79 Å². The molecule has 2 rings (SSSR count). The van der Waals surface area contributed by atoms with E-state index in [4.69, 9.17) is 16.3 Å². The van der Waals surface area contributed by atoms with E-state index in [0.717, 1.165) is 17.7 Å². The predicted molar refractivity (Wildman–Crippen MR) is 79.2 cm³/mol. The SMILES string of the molecule is O=C(NCCOC1CCCC1)c1cc(S)ccc1Cl. The standard InChI is InChI=1S/C14H18ClNO2S/c15-13-6-5-11(19)9-12(13)14(17)16-7-8-18-10-3-1-2-4-10/h5-6,9-10,19H,1-4,7-8H2,(H,16,17). The molecule has 0 unspecified atom stereocenters. The number of hydrogen-bond donors (Lipinski definition) is 2. The van der Waals surface area contributed by atoms with Gasteiger partial charge < -0.3 is 10.1 Å². The van der Waals surface area contributed by atoms with Crippen LogP contribution in [0.5, 0.6) is 0 Å².